The lowest BCUT2D eigenvalue weighted by molar-refractivity contribution is 0.236. The zero-order valence-corrected chi connectivity index (χ0v) is 9.87. The van der Waals surface area contributed by atoms with E-state index in [2.05, 4.69) is 27.5 Å². The summed E-state index contributed by atoms with van der Waals surface area (Å²) in [6.07, 6.45) is 5.78. The van der Waals surface area contributed by atoms with Crippen LogP contribution in [0.1, 0.15) is 31.2 Å². The number of nitrogens with zero attached hydrogens (tertiary/aromatic N) is 6. The minimum Gasteiger partial charge on any atom is -0.243 e. The van der Waals surface area contributed by atoms with Crippen LogP contribution in [0.2, 0.25) is 0 Å². The highest BCUT2D eigenvalue weighted by Gasteiger charge is 2.17. The minimum atomic E-state index is -0.353. The molecule has 0 aliphatic carbocycles. The molecule has 0 saturated heterocycles. The molecule has 2 heterocycles. The first-order chi connectivity index (χ1) is 8.24. The highest BCUT2D eigenvalue weighted by atomic mass is 16.2. The summed E-state index contributed by atoms with van der Waals surface area (Å²) < 4.78 is 2.43. The van der Waals surface area contributed by atoms with E-state index in [0.29, 0.717) is 0 Å². The normalized spacial score (nSPS) is 10.7. The van der Waals surface area contributed by atoms with Crippen molar-refractivity contribution in [3.05, 3.63) is 23.8 Å². The number of hydrogen-bond acceptors (Lipinski definition) is 5. The first-order valence-electron chi connectivity index (χ1n) is 5.56. The Bertz CT molecular complexity index is 501. The lowest BCUT2D eigenvalue weighted by atomic mass is 10.2. The van der Waals surface area contributed by atoms with E-state index in [1.807, 2.05) is 6.92 Å². The van der Waals surface area contributed by atoms with Gasteiger partial charge in [0.25, 0.3) is 0 Å². The predicted molar refractivity (Wildman–Crippen MR) is 59.6 cm³/mol. The smallest absolute Gasteiger partial charge is 0.243 e. The fourth-order valence-electron chi connectivity index (χ4n) is 1.57. The second kappa shape index (κ2) is 4.86. The summed E-state index contributed by atoms with van der Waals surface area (Å²) in [4.78, 5) is 12.0. The van der Waals surface area contributed by atoms with Crippen LogP contribution in [-0.4, -0.2) is 36.0 Å². The summed E-state index contributed by atoms with van der Waals surface area (Å²) in [6.45, 7) is 3.95. The molecular formula is C10H14N6O. The molecule has 0 unspecified atom stereocenters. The highest BCUT2D eigenvalue weighted by molar-refractivity contribution is 5.77. The van der Waals surface area contributed by atoms with Crippen LogP contribution in [0.3, 0.4) is 0 Å². The number of aromatic nitrogens is 6. The molecule has 0 spiro atoms. The standard InChI is InChI=1S/C10H14N6O/c1-3-4-5-9-8(2)12-14-16(9)10(17)15-7-6-11-13-15/h6-7H,3-5H2,1-2H3. The summed E-state index contributed by atoms with van der Waals surface area (Å²) >= 11 is 0. The fraction of sp³-hybridized carbons (Fsp3) is 0.500. The Hall–Kier alpha value is -2.05. The monoisotopic (exact) mass is 234 g/mol. The van der Waals surface area contributed by atoms with Crippen LogP contribution in [-0.2, 0) is 6.42 Å². The van der Waals surface area contributed by atoms with Crippen LogP contribution in [0.15, 0.2) is 12.4 Å². The Morgan fingerprint density at radius 2 is 2.24 bits per heavy atom. The van der Waals surface area contributed by atoms with Gasteiger partial charge in [0.15, 0.2) is 0 Å². The molecule has 0 N–H and O–H groups in total. The van der Waals surface area contributed by atoms with Crippen molar-refractivity contribution in [1.29, 1.82) is 0 Å². The molecule has 0 fully saturated rings. The van der Waals surface area contributed by atoms with E-state index in [-0.39, 0.29) is 6.03 Å². The Labute approximate surface area is 98.4 Å². The summed E-state index contributed by atoms with van der Waals surface area (Å²) in [7, 11) is 0. The molecule has 2 aromatic heterocycles. The summed E-state index contributed by atoms with van der Waals surface area (Å²) in [5.41, 5.74) is 1.62. The molecule has 2 rings (SSSR count). The van der Waals surface area contributed by atoms with Gasteiger partial charge in [-0.15, -0.1) is 10.2 Å². The molecule has 0 aliphatic rings. The molecule has 0 atom stereocenters. The fourth-order valence-corrected chi connectivity index (χ4v) is 1.57. The number of hydrogen-bond donors (Lipinski definition) is 0. The number of rotatable bonds is 3. The third-order valence-corrected chi connectivity index (χ3v) is 2.52. The minimum absolute atomic E-state index is 0.353. The van der Waals surface area contributed by atoms with Gasteiger partial charge in [0, 0.05) is 0 Å². The molecular weight excluding hydrogens is 220 g/mol. The lowest BCUT2D eigenvalue weighted by Gasteiger charge is -2.04. The molecule has 90 valence electrons. The van der Waals surface area contributed by atoms with E-state index in [4.69, 9.17) is 0 Å². The third kappa shape index (κ3) is 2.22. The quantitative estimate of drug-likeness (QED) is 0.792. The van der Waals surface area contributed by atoms with Crippen molar-refractivity contribution in [2.75, 3.05) is 0 Å². The molecule has 17 heavy (non-hydrogen) atoms. The summed E-state index contributed by atoms with van der Waals surface area (Å²) in [6, 6.07) is -0.353. The van der Waals surface area contributed by atoms with Crippen molar-refractivity contribution < 1.29 is 4.79 Å². The molecule has 0 aliphatic heterocycles. The molecule has 7 heteroatoms. The number of unbranched alkanes of at least 4 members (excludes halogenated alkanes) is 1. The van der Waals surface area contributed by atoms with Gasteiger partial charge in [-0.1, -0.05) is 23.8 Å². The average molecular weight is 234 g/mol. The van der Waals surface area contributed by atoms with Crippen LogP contribution in [0.5, 0.6) is 0 Å². The van der Waals surface area contributed by atoms with Gasteiger partial charge in [0.1, 0.15) is 0 Å². The van der Waals surface area contributed by atoms with Gasteiger partial charge in [0.05, 0.1) is 23.8 Å². The van der Waals surface area contributed by atoms with Crippen molar-refractivity contribution in [1.82, 2.24) is 30.0 Å². The van der Waals surface area contributed by atoms with Crippen molar-refractivity contribution in [2.45, 2.75) is 33.1 Å². The van der Waals surface area contributed by atoms with E-state index in [0.717, 1.165) is 35.3 Å². The molecule has 0 radical (unpaired) electrons. The summed E-state index contributed by atoms with van der Waals surface area (Å²) in [5, 5.41) is 15.0. The maximum absolute atomic E-state index is 12.0. The van der Waals surface area contributed by atoms with Crippen LogP contribution in [0.25, 0.3) is 0 Å². The second-order valence-corrected chi connectivity index (χ2v) is 3.77. The maximum Gasteiger partial charge on any atom is 0.372 e. The van der Waals surface area contributed by atoms with Gasteiger partial charge < -0.3 is 0 Å². The molecule has 0 bridgehead atoms. The lowest BCUT2D eigenvalue weighted by Crippen LogP contribution is -2.23. The van der Waals surface area contributed by atoms with Crippen molar-refractivity contribution in [3.63, 3.8) is 0 Å². The van der Waals surface area contributed by atoms with Crippen molar-refractivity contribution >= 4 is 6.03 Å². The summed E-state index contributed by atoms with van der Waals surface area (Å²) in [5.74, 6) is 0. The predicted octanol–water partition coefficient (Wildman–Crippen LogP) is 1.04. The van der Waals surface area contributed by atoms with E-state index in [1.165, 1.54) is 17.1 Å². The van der Waals surface area contributed by atoms with E-state index in [9.17, 15) is 4.79 Å². The van der Waals surface area contributed by atoms with Gasteiger partial charge in [0.2, 0.25) is 0 Å². The number of aryl methyl sites for hydroxylation is 1. The molecule has 0 aromatic carbocycles. The van der Waals surface area contributed by atoms with Crippen molar-refractivity contribution in [3.8, 4) is 0 Å². The number of carbonyl (C=O) groups is 1. The van der Waals surface area contributed by atoms with Gasteiger partial charge in [-0.3, -0.25) is 0 Å². The van der Waals surface area contributed by atoms with Crippen LogP contribution in [0, 0.1) is 6.92 Å². The van der Waals surface area contributed by atoms with Gasteiger partial charge in [-0.05, 0) is 19.8 Å². The van der Waals surface area contributed by atoms with Crippen LogP contribution in [0.4, 0.5) is 4.79 Å². The molecule has 0 amide bonds. The van der Waals surface area contributed by atoms with Crippen LogP contribution >= 0.6 is 0 Å². The topological polar surface area (TPSA) is 78.5 Å². The third-order valence-electron chi connectivity index (χ3n) is 2.52. The molecule has 2 aromatic rings. The largest absolute Gasteiger partial charge is 0.372 e. The zero-order chi connectivity index (χ0) is 12.3. The van der Waals surface area contributed by atoms with E-state index >= 15 is 0 Å². The number of carbonyl (C=O) groups excluding carboxylic acids is 1. The highest BCUT2D eigenvalue weighted by Crippen LogP contribution is 2.09. The SMILES string of the molecule is CCCCc1c(C)nnn1C(=O)n1ccnn1. The Morgan fingerprint density at radius 3 is 2.88 bits per heavy atom. The van der Waals surface area contributed by atoms with Gasteiger partial charge in [-0.25, -0.2) is 4.79 Å². The van der Waals surface area contributed by atoms with E-state index in [1.54, 1.807) is 0 Å². The Morgan fingerprint density at radius 1 is 1.41 bits per heavy atom. The molecule has 7 nitrogen and oxygen atoms in total. The first-order valence-corrected chi connectivity index (χ1v) is 5.56. The van der Waals surface area contributed by atoms with E-state index < -0.39 is 0 Å². The van der Waals surface area contributed by atoms with Crippen LogP contribution < -0.4 is 0 Å². The van der Waals surface area contributed by atoms with Gasteiger partial charge >= 0.3 is 6.03 Å². The Balaban J connectivity index is 2.29. The molecule has 0 saturated carbocycles. The van der Waals surface area contributed by atoms with Gasteiger partial charge in [-0.2, -0.15) is 9.36 Å². The second-order valence-electron chi connectivity index (χ2n) is 3.77. The average Bonchev–Trinajstić information content (AvgIpc) is 2.95. The zero-order valence-electron chi connectivity index (χ0n) is 9.87. The first kappa shape index (κ1) is 11.4. The Kier molecular flexibility index (Phi) is 3.27. The van der Waals surface area contributed by atoms with Crippen molar-refractivity contribution in [2.24, 2.45) is 0 Å². The maximum atomic E-state index is 12.0.